The van der Waals surface area contributed by atoms with E-state index < -0.39 is 0 Å². The number of rotatable bonds is 3. The summed E-state index contributed by atoms with van der Waals surface area (Å²) in [5.41, 5.74) is 2.12. The molecule has 2 fully saturated rings. The number of pyridine rings is 1. The third-order valence-corrected chi connectivity index (χ3v) is 5.36. The van der Waals surface area contributed by atoms with Gasteiger partial charge in [0.25, 0.3) is 5.91 Å². The van der Waals surface area contributed by atoms with Crippen molar-refractivity contribution in [2.75, 3.05) is 36.4 Å². The van der Waals surface area contributed by atoms with E-state index in [1.54, 1.807) is 11.7 Å². The Kier molecular flexibility index (Phi) is 4.40. The summed E-state index contributed by atoms with van der Waals surface area (Å²) in [6.07, 6.45) is 5.57. The molecule has 0 aliphatic carbocycles. The van der Waals surface area contributed by atoms with Crippen LogP contribution < -0.4 is 10.2 Å². The molecule has 2 aliphatic rings. The van der Waals surface area contributed by atoms with Crippen molar-refractivity contribution in [2.45, 2.75) is 25.3 Å². The first kappa shape index (κ1) is 15.5. The molecular weight excluding hydrogens is 324 g/mol. The molecule has 0 saturated carbocycles. The lowest BCUT2D eigenvalue weighted by Crippen LogP contribution is -2.55. The molecule has 2 aliphatic heterocycles. The van der Waals surface area contributed by atoms with Gasteiger partial charge in [-0.1, -0.05) is 17.8 Å². The fraction of sp³-hybridized carbons (Fsp3) is 0.500. The molecule has 4 heterocycles. The van der Waals surface area contributed by atoms with E-state index in [2.05, 4.69) is 30.3 Å². The van der Waals surface area contributed by atoms with Gasteiger partial charge in [0.05, 0.1) is 5.56 Å². The minimum Gasteiger partial charge on any atom is -0.354 e. The maximum atomic E-state index is 12.2. The molecule has 2 aromatic rings. The van der Waals surface area contributed by atoms with Crippen LogP contribution in [0.5, 0.6) is 0 Å². The third kappa shape index (κ3) is 3.25. The van der Waals surface area contributed by atoms with Crippen LogP contribution in [0.1, 0.15) is 29.6 Å². The molecule has 1 amide bonds. The van der Waals surface area contributed by atoms with Gasteiger partial charge in [-0.05, 0) is 31.5 Å². The average Bonchev–Trinajstić information content (AvgIpc) is 3.14. The summed E-state index contributed by atoms with van der Waals surface area (Å²) < 4.78 is 0. The lowest BCUT2D eigenvalue weighted by Gasteiger charge is -2.44. The molecule has 4 rings (SSSR count). The van der Waals surface area contributed by atoms with Crippen LogP contribution in [0.3, 0.4) is 0 Å². The summed E-state index contributed by atoms with van der Waals surface area (Å²) in [7, 11) is 0. The number of nitrogens with zero attached hydrogens (tertiary/aromatic N) is 5. The predicted molar refractivity (Wildman–Crippen MR) is 93.5 cm³/mol. The number of piperidine rings is 1. The normalized spacial score (nSPS) is 21.3. The largest absolute Gasteiger partial charge is 0.354 e. The van der Waals surface area contributed by atoms with Crippen molar-refractivity contribution in [1.82, 2.24) is 20.1 Å². The van der Waals surface area contributed by atoms with Gasteiger partial charge in [0.1, 0.15) is 11.3 Å². The number of carbonyl (C=O) groups excluding carboxylic acids is 1. The number of piperazine rings is 1. The van der Waals surface area contributed by atoms with Gasteiger partial charge in [0.2, 0.25) is 5.13 Å². The molecule has 0 radical (unpaired) electrons. The van der Waals surface area contributed by atoms with Crippen LogP contribution >= 0.6 is 11.3 Å². The second-order valence-electron chi connectivity index (χ2n) is 6.23. The summed E-state index contributed by atoms with van der Waals surface area (Å²) in [5.74, 6) is 0.746. The van der Waals surface area contributed by atoms with Gasteiger partial charge < -0.3 is 4.90 Å². The Morgan fingerprint density at radius 3 is 3.00 bits per heavy atom. The highest BCUT2D eigenvalue weighted by Crippen LogP contribution is 2.24. The Bertz CT molecular complexity index is 689. The molecule has 7 nitrogen and oxygen atoms in total. The molecule has 1 N–H and O–H groups in total. The van der Waals surface area contributed by atoms with Crippen LogP contribution in [0, 0.1) is 0 Å². The van der Waals surface area contributed by atoms with E-state index in [1.807, 2.05) is 12.1 Å². The van der Waals surface area contributed by atoms with Crippen LogP contribution in [-0.2, 0) is 0 Å². The lowest BCUT2D eigenvalue weighted by atomic mass is 9.99. The molecule has 0 aromatic carbocycles. The fourth-order valence-electron chi connectivity index (χ4n) is 3.47. The Morgan fingerprint density at radius 2 is 2.21 bits per heavy atom. The van der Waals surface area contributed by atoms with E-state index in [-0.39, 0.29) is 5.91 Å². The zero-order valence-electron chi connectivity index (χ0n) is 13.4. The Balaban J connectivity index is 1.41. The number of anilines is 2. The Hall–Kier alpha value is -2.06. The monoisotopic (exact) mass is 344 g/mol. The average molecular weight is 344 g/mol. The number of hydrogen-bond donors (Lipinski definition) is 1. The van der Waals surface area contributed by atoms with Crippen LogP contribution in [0.25, 0.3) is 0 Å². The van der Waals surface area contributed by atoms with Gasteiger partial charge in [0.15, 0.2) is 0 Å². The van der Waals surface area contributed by atoms with Crippen molar-refractivity contribution in [3.63, 3.8) is 0 Å². The fourth-order valence-corrected chi connectivity index (χ4v) is 3.91. The van der Waals surface area contributed by atoms with Crippen LogP contribution in [-0.4, -0.2) is 58.2 Å². The molecule has 0 bridgehead atoms. The van der Waals surface area contributed by atoms with Crippen molar-refractivity contribution >= 4 is 28.2 Å². The SMILES string of the molecule is O=C(Nc1nncs1)c1ccc(N2CCN3CCCCC3C2)nc1. The van der Waals surface area contributed by atoms with E-state index in [9.17, 15) is 4.79 Å². The van der Waals surface area contributed by atoms with Gasteiger partial charge in [-0.25, -0.2) is 4.98 Å². The maximum absolute atomic E-state index is 12.2. The molecule has 8 heteroatoms. The van der Waals surface area contributed by atoms with Crippen molar-refractivity contribution in [3.8, 4) is 0 Å². The van der Waals surface area contributed by atoms with E-state index in [4.69, 9.17) is 0 Å². The summed E-state index contributed by atoms with van der Waals surface area (Å²) in [6, 6.07) is 4.41. The lowest BCUT2D eigenvalue weighted by molar-refractivity contribution is 0.102. The van der Waals surface area contributed by atoms with Crippen molar-refractivity contribution in [2.24, 2.45) is 0 Å². The standard InChI is InChI=1S/C16H20N6OS/c23-15(19-16-20-18-11-24-16)12-4-5-14(17-9-12)22-8-7-21-6-2-1-3-13(21)10-22/h4-5,9,11,13H,1-3,6-8,10H2,(H,19,20,23). The van der Waals surface area contributed by atoms with Gasteiger partial charge >= 0.3 is 0 Å². The maximum Gasteiger partial charge on any atom is 0.259 e. The number of nitrogens with one attached hydrogen (secondary N) is 1. The van der Waals surface area contributed by atoms with Gasteiger partial charge in [-0.15, -0.1) is 10.2 Å². The smallest absolute Gasteiger partial charge is 0.259 e. The predicted octanol–water partition coefficient (Wildman–Crippen LogP) is 1.86. The van der Waals surface area contributed by atoms with E-state index in [1.165, 1.54) is 37.1 Å². The molecule has 1 unspecified atom stereocenters. The van der Waals surface area contributed by atoms with Gasteiger partial charge in [-0.2, -0.15) is 0 Å². The highest BCUT2D eigenvalue weighted by molar-refractivity contribution is 7.13. The molecule has 126 valence electrons. The Labute approximate surface area is 144 Å². The molecule has 2 aromatic heterocycles. The number of fused-ring (bicyclic) bond motifs is 1. The second-order valence-corrected chi connectivity index (χ2v) is 7.07. The first-order chi connectivity index (χ1) is 11.8. The van der Waals surface area contributed by atoms with Gasteiger partial charge in [-0.3, -0.25) is 15.0 Å². The zero-order valence-corrected chi connectivity index (χ0v) is 14.2. The zero-order chi connectivity index (χ0) is 16.4. The third-order valence-electron chi connectivity index (χ3n) is 4.75. The van der Waals surface area contributed by atoms with Gasteiger partial charge in [0, 0.05) is 31.9 Å². The van der Waals surface area contributed by atoms with Crippen LogP contribution in [0.15, 0.2) is 23.8 Å². The molecular formula is C16H20N6OS. The number of hydrogen-bond acceptors (Lipinski definition) is 7. The molecule has 1 atom stereocenters. The van der Waals surface area contributed by atoms with Crippen molar-refractivity contribution < 1.29 is 4.79 Å². The van der Waals surface area contributed by atoms with Crippen molar-refractivity contribution in [1.29, 1.82) is 0 Å². The number of amides is 1. The van der Waals surface area contributed by atoms with Crippen molar-refractivity contribution in [3.05, 3.63) is 29.4 Å². The topological polar surface area (TPSA) is 74.2 Å². The highest BCUT2D eigenvalue weighted by atomic mass is 32.1. The summed E-state index contributed by atoms with van der Waals surface area (Å²) in [5, 5.41) is 10.7. The quantitative estimate of drug-likeness (QED) is 0.916. The molecule has 0 spiro atoms. The highest BCUT2D eigenvalue weighted by Gasteiger charge is 2.29. The number of aromatic nitrogens is 3. The van der Waals surface area contributed by atoms with Crippen LogP contribution in [0.2, 0.25) is 0 Å². The summed E-state index contributed by atoms with van der Waals surface area (Å²) >= 11 is 1.29. The minimum atomic E-state index is -0.206. The second kappa shape index (κ2) is 6.82. The van der Waals surface area contributed by atoms with E-state index in [0.717, 1.165) is 25.5 Å². The number of carbonyl (C=O) groups is 1. The first-order valence-electron chi connectivity index (χ1n) is 8.32. The summed E-state index contributed by atoms with van der Waals surface area (Å²) in [4.78, 5) is 21.6. The minimum absolute atomic E-state index is 0.206. The molecule has 2 saturated heterocycles. The van der Waals surface area contributed by atoms with Crippen LogP contribution in [0.4, 0.5) is 10.9 Å². The van der Waals surface area contributed by atoms with E-state index in [0.29, 0.717) is 16.7 Å². The summed E-state index contributed by atoms with van der Waals surface area (Å²) in [6.45, 7) is 4.37. The first-order valence-corrected chi connectivity index (χ1v) is 9.20. The Morgan fingerprint density at radius 1 is 1.25 bits per heavy atom. The van der Waals surface area contributed by atoms with E-state index >= 15 is 0 Å². The molecule has 24 heavy (non-hydrogen) atoms.